The highest BCUT2D eigenvalue weighted by Crippen LogP contribution is 2.32. The molecule has 2 aliphatic rings. The van der Waals surface area contributed by atoms with E-state index in [0.29, 0.717) is 25.3 Å². The summed E-state index contributed by atoms with van der Waals surface area (Å²) < 4.78 is 38.7. The lowest BCUT2D eigenvalue weighted by atomic mass is 9.94. The molecule has 0 aromatic carbocycles. The van der Waals surface area contributed by atoms with Gasteiger partial charge in [0.1, 0.15) is 6.10 Å². The number of hydrogen-bond acceptors (Lipinski definition) is 6. The van der Waals surface area contributed by atoms with Gasteiger partial charge in [0, 0.05) is 38.9 Å². The fraction of sp³-hybridized carbons (Fsp3) is 0.706. The van der Waals surface area contributed by atoms with E-state index in [2.05, 4.69) is 4.98 Å². The molecule has 2 aliphatic heterocycles. The Kier molecular flexibility index (Phi) is 5.71. The summed E-state index contributed by atoms with van der Waals surface area (Å²) in [6, 6.07) is 1.13. The molecular weight excluding hydrogens is 351 g/mol. The van der Waals surface area contributed by atoms with E-state index >= 15 is 0 Å². The fourth-order valence-corrected chi connectivity index (χ4v) is 3.79. The number of aliphatic hydroxyl groups excluding tert-OH is 3. The van der Waals surface area contributed by atoms with Crippen LogP contribution in [0.3, 0.4) is 0 Å². The molecule has 0 bridgehead atoms. The van der Waals surface area contributed by atoms with Crippen LogP contribution in [-0.2, 0) is 6.18 Å². The molecule has 3 heterocycles. The minimum atomic E-state index is -4.42. The second kappa shape index (κ2) is 7.67. The number of hydrogen-bond donors (Lipinski definition) is 3. The molecule has 0 amide bonds. The van der Waals surface area contributed by atoms with Crippen molar-refractivity contribution in [1.29, 1.82) is 0 Å². The lowest BCUT2D eigenvalue weighted by Gasteiger charge is -2.41. The maximum absolute atomic E-state index is 12.9. The predicted octanol–water partition coefficient (Wildman–Crippen LogP) is 0.715. The van der Waals surface area contributed by atoms with Crippen molar-refractivity contribution in [3.8, 4) is 0 Å². The van der Waals surface area contributed by atoms with Gasteiger partial charge in [-0.2, -0.15) is 13.2 Å². The average molecular weight is 375 g/mol. The van der Waals surface area contributed by atoms with Crippen molar-refractivity contribution in [2.75, 3.05) is 37.6 Å². The zero-order valence-electron chi connectivity index (χ0n) is 14.3. The van der Waals surface area contributed by atoms with E-state index in [-0.39, 0.29) is 19.0 Å². The molecule has 1 aromatic rings. The van der Waals surface area contributed by atoms with Crippen LogP contribution in [0.15, 0.2) is 18.5 Å². The second-order valence-electron chi connectivity index (χ2n) is 7.23. The molecule has 3 N–H and O–H groups in total. The van der Waals surface area contributed by atoms with Crippen LogP contribution < -0.4 is 4.90 Å². The number of anilines is 1. The molecule has 1 unspecified atom stereocenters. The number of aliphatic hydroxyl groups is 3. The Bertz CT molecular complexity index is 604. The van der Waals surface area contributed by atoms with Crippen LogP contribution in [0.4, 0.5) is 18.9 Å². The number of likely N-dealkylation sites (tertiary alicyclic amines) is 1. The van der Waals surface area contributed by atoms with E-state index in [4.69, 9.17) is 0 Å². The van der Waals surface area contributed by atoms with E-state index in [1.807, 2.05) is 9.80 Å². The maximum atomic E-state index is 12.9. The van der Waals surface area contributed by atoms with Crippen LogP contribution in [0.1, 0.15) is 18.4 Å². The molecule has 6 nitrogen and oxygen atoms in total. The van der Waals surface area contributed by atoms with Gasteiger partial charge in [-0.3, -0.25) is 9.88 Å². The van der Waals surface area contributed by atoms with Gasteiger partial charge in [0.2, 0.25) is 0 Å². The average Bonchev–Trinajstić information content (AvgIpc) is 2.59. The van der Waals surface area contributed by atoms with Gasteiger partial charge in [0.25, 0.3) is 0 Å². The molecule has 0 saturated carbocycles. The molecule has 9 heteroatoms. The number of aromatic nitrogens is 1. The Morgan fingerprint density at radius 3 is 2.42 bits per heavy atom. The van der Waals surface area contributed by atoms with Crippen LogP contribution in [0.5, 0.6) is 0 Å². The highest BCUT2D eigenvalue weighted by atomic mass is 19.4. The molecular formula is C17H24F3N3O3. The van der Waals surface area contributed by atoms with Gasteiger partial charge in [-0.05, 0) is 24.8 Å². The Morgan fingerprint density at radius 1 is 1.08 bits per heavy atom. The first-order valence-electron chi connectivity index (χ1n) is 8.78. The number of β-amino-alcohol motifs (C(OH)–C–C–N with tert-alkyl or cyclic N) is 2. The Balaban J connectivity index is 1.63. The van der Waals surface area contributed by atoms with Gasteiger partial charge < -0.3 is 20.2 Å². The van der Waals surface area contributed by atoms with Gasteiger partial charge in [-0.25, -0.2) is 0 Å². The first-order chi connectivity index (χ1) is 12.2. The van der Waals surface area contributed by atoms with Gasteiger partial charge in [0.05, 0.1) is 29.7 Å². The van der Waals surface area contributed by atoms with E-state index in [1.54, 1.807) is 0 Å². The normalized spacial score (nSPS) is 31.2. The Labute approximate surface area is 149 Å². The molecule has 4 atom stereocenters. The number of halogens is 3. The number of piperidine rings is 2. The summed E-state index contributed by atoms with van der Waals surface area (Å²) in [5, 5.41) is 29.2. The minimum absolute atomic E-state index is 0.202. The smallest absolute Gasteiger partial charge is 0.389 e. The molecule has 3 rings (SSSR count). The van der Waals surface area contributed by atoms with Crippen LogP contribution in [-0.4, -0.2) is 76.2 Å². The van der Waals surface area contributed by atoms with E-state index in [9.17, 15) is 28.5 Å². The summed E-state index contributed by atoms with van der Waals surface area (Å²) in [6.45, 7) is 2.43. The van der Waals surface area contributed by atoms with Crippen molar-refractivity contribution in [3.05, 3.63) is 24.0 Å². The monoisotopic (exact) mass is 375 g/mol. The SMILES string of the molecule is OC1[C@H](O)CN(C[C@H]2CCCN(c3cncc(C(F)(F)F)c3)C2)C[C@@H]1O. The van der Waals surface area contributed by atoms with Crippen molar-refractivity contribution in [1.82, 2.24) is 9.88 Å². The Morgan fingerprint density at radius 2 is 1.77 bits per heavy atom. The summed E-state index contributed by atoms with van der Waals surface area (Å²) in [5.74, 6) is 0.202. The minimum Gasteiger partial charge on any atom is -0.389 e. The molecule has 2 saturated heterocycles. The first-order valence-corrected chi connectivity index (χ1v) is 8.78. The van der Waals surface area contributed by atoms with Gasteiger partial charge in [-0.15, -0.1) is 0 Å². The molecule has 1 aromatic heterocycles. The topological polar surface area (TPSA) is 80.1 Å². The Hall–Kier alpha value is -1.42. The predicted molar refractivity (Wildman–Crippen MR) is 88.6 cm³/mol. The zero-order valence-corrected chi connectivity index (χ0v) is 14.3. The van der Waals surface area contributed by atoms with Crippen LogP contribution in [0, 0.1) is 5.92 Å². The summed E-state index contributed by atoms with van der Waals surface area (Å²) in [6.07, 6.45) is -3.49. The highest BCUT2D eigenvalue weighted by Gasteiger charge is 2.35. The van der Waals surface area contributed by atoms with Crippen molar-refractivity contribution in [3.63, 3.8) is 0 Å². The highest BCUT2D eigenvalue weighted by molar-refractivity contribution is 5.47. The van der Waals surface area contributed by atoms with Crippen LogP contribution in [0.25, 0.3) is 0 Å². The molecule has 26 heavy (non-hydrogen) atoms. The standard InChI is InChI=1S/C17H24F3N3O3/c18-17(19,20)12-4-13(6-21-5-12)23-3-1-2-11(8-23)7-22-9-14(24)16(26)15(25)10-22/h4-6,11,14-16,24-26H,1-3,7-10H2/t11-,14-,15+,16?/m1/s1. The summed E-state index contributed by atoms with van der Waals surface area (Å²) in [7, 11) is 0. The molecule has 0 aliphatic carbocycles. The van der Waals surface area contributed by atoms with Crippen molar-refractivity contribution in [2.24, 2.45) is 5.92 Å². The van der Waals surface area contributed by atoms with Crippen molar-refractivity contribution >= 4 is 5.69 Å². The first kappa shape index (κ1) is 19.3. The lowest BCUT2D eigenvalue weighted by molar-refractivity contribution is -0.137. The maximum Gasteiger partial charge on any atom is 0.417 e. The second-order valence-corrected chi connectivity index (χ2v) is 7.23. The summed E-state index contributed by atoms with van der Waals surface area (Å²) in [5.41, 5.74) is -0.299. The third-order valence-electron chi connectivity index (χ3n) is 5.13. The van der Waals surface area contributed by atoms with E-state index in [0.717, 1.165) is 25.1 Å². The number of alkyl halides is 3. The fourth-order valence-electron chi connectivity index (χ4n) is 3.79. The molecule has 146 valence electrons. The summed E-state index contributed by atoms with van der Waals surface area (Å²) in [4.78, 5) is 7.54. The quantitative estimate of drug-likeness (QED) is 0.722. The molecule has 2 fully saturated rings. The third-order valence-corrected chi connectivity index (χ3v) is 5.13. The largest absolute Gasteiger partial charge is 0.417 e. The van der Waals surface area contributed by atoms with Gasteiger partial charge in [-0.1, -0.05) is 0 Å². The number of pyridine rings is 1. The van der Waals surface area contributed by atoms with Crippen LogP contribution >= 0.6 is 0 Å². The van der Waals surface area contributed by atoms with Gasteiger partial charge >= 0.3 is 6.18 Å². The lowest BCUT2D eigenvalue weighted by Crippen LogP contribution is -2.56. The zero-order chi connectivity index (χ0) is 18.9. The molecule has 0 radical (unpaired) electrons. The summed E-state index contributed by atoms with van der Waals surface area (Å²) >= 11 is 0. The number of rotatable bonds is 3. The van der Waals surface area contributed by atoms with Crippen molar-refractivity contribution < 1.29 is 28.5 Å². The van der Waals surface area contributed by atoms with Crippen LogP contribution in [0.2, 0.25) is 0 Å². The van der Waals surface area contributed by atoms with Crippen molar-refractivity contribution in [2.45, 2.75) is 37.3 Å². The number of nitrogens with zero attached hydrogens (tertiary/aromatic N) is 3. The van der Waals surface area contributed by atoms with E-state index in [1.165, 1.54) is 6.20 Å². The van der Waals surface area contributed by atoms with Gasteiger partial charge in [0.15, 0.2) is 0 Å². The third kappa shape index (κ3) is 4.46. The van der Waals surface area contributed by atoms with E-state index < -0.39 is 30.1 Å². The molecule has 0 spiro atoms.